The molecule has 0 amide bonds. The third-order valence-electron chi connectivity index (χ3n) is 2.24. The highest BCUT2D eigenvalue weighted by Gasteiger charge is 2.00. The third-order valence-corrected chi connectivity index (χ3v) is 2.24. The fraction of sp³-hybridized carbons (Fsp3) is 0.250. The van der Waals surface area contributed by atoms with Crippen LogP contribution in [0.2, 0.25) is 0 Å². The van der Waals surface area contributed by atoms with Crippen molar-refractivity contribution in [2.75, 3.05) is 0 Å². The van der Waals surface area contributed by atoms with E-state index >= 15 is 0 Å². The molecule has 1 aromatic carbocycles. The first-order valence-electron chi connectivity index (χ1n) is 4.80. The Labute approximate surface area is 83.7 Å². The Morgan fingerprint density at radius 2 is 2.07 bits per heavy atom. The second-order valence-corrected chi connectivity index (χ2v) is 3.62. The maximum Gasteiger partial charge on any atom is 0.0659 e. The van der Waals surface area contributed by atoms with Crippen molar-refractivity contribution in [3.05, 3.63) is 36.0 Å². The fourth-order valence-corrected chi connectivity index (χ4v) is 1.51. The summed E-state index contributed by atoms with van der Waals surface area (Å²) in [6, 6.07) is 8.31. The predicted octanol–water partition coefficient (Wildman–Crippen LogP) is 3.15. The lowest BCUT2D eigenvalue weighted by Gasteiger charge is -1.94. The SMILES string of the molecule is CC(C)=NCc1c[nH]c2ccccc12. The van der Waals surface area contributed by atoms with Gasteiger partial charge in [0, 0.05) is 22.8 Å². The molecule has 0 aliphatic carbocycles. The quantitative estimate of drug-likeness (QED) is 0.698. The van der Waals surface area contributed by atoms with Crippen molar-refractivity contribution in [1.82, 2.24) is 4.98 Å². The maximum absolute atomic E-state index is 4.41. The van der Waals surface area contributed by atoms with Crippen LogP contribution in [0.3, 0.4) is 0 Å². The second kappa shape index (κ2) is 3.66. The van der Waals surface area contributed by atoms with E-state index in [0.717, 1.165) is 12.3 Å². The number of benzene rings is 1. The Balaban J connectivity index is 2.38. The normalized spacial score (nSPS) is 10.4. The molecule has 1 heterocycles. The molecule has 0 aliphatic heterocycles. The first-order chi connectivity index (χ1) is 6.77. The van der Waals surface area contributed by atoms with Crippen molar-refractivity contribution >= 4 is 16.6 Å². The smallest absolute Gasteiger partial charge is 0.0659 e. The van der Waals surface area contributed by atoms with Gasteiger partial charge in [-0.05, 0) is 25.5 Å². The largest absolute Gasteiger partial charge is 0.361 e. The minimum Gasteiger partial charge on any atom is -0.361 e. The summed E-state index contributed by atoms with van der Waals surface area (Å²) in [7, 11) is 0. The van der Waals surface area contributed by atoms with Crippen LogP contribution in [0.1, 0.15) is 19.4 Å². The molecule has 2 rings (SSSR count). The van der Waals surface area contributed by atoms with Gasteiger partial charge in [-0.2, -0.15) is 0 Å². The van der Waals surface area contributed by atoms with Crippen LogP contribution in [-0.2, 0) is 6.54 Å². The summed E-state index contributed by atoms with van der Waals surface area (Å²) in [6.45, 7) is 4.82. The molecule has 0 fully saturated rings. The van der Waals surface area contributed by atoms with Gasteiger partial charge in [0.1, 0.15) is 0 Å². The molecule has 0 saturated carbocycles. The average Bonchev–Trinajstić information content (AvgIpc) is 2.58. The third kappa shape index (κ3) is 1.69. The number of aromatic nitrogens is 1. The first kappa shape index (κ1) is 9.00. The molecule has 72 valence electrons. The molecule has 1 aromatic heterocycles. The monoisotopic (exact) mass is 186 g/mol. The van der Waals surface area contributed by atoms with Gasteiger partial charge in [-0.1, -0.05) is 18.2 Å². The molecule has 0 radical (unpaired) electrons. The van der Waals surface area contributed by atoms with Crippen LogP contribution in [0.4, 0.5) is 0 Å². The Kier molecular flexibility index (Phi) is 2.35. The highest BCUT2D eigenvalue weighted by atomic mass is 14.7. The molecule has 2 heteroatoms. The zero-order chi connectivity index (χ0) is 9.97. The molecule has 0 spiro atoms. The van der Waals surface area contributed by atoms with E-state index in [1.165, 1.54) is 16.5 Å². The van der Waals surface area contributed by atoms with E-state index in [9.17, 15) is 0 Å². The van der Waals surface area contributed by atoms with Crippen LogP contribution in [0.25, 0.3) is 10.9 Å². The van der Waals surface area contributed by atoms with Gasteiger partial charge in [0.15, 0.2) is 0 Å². The Morgan fingerprint density at radius 3 is 2.86 bits per heavy atom. The molecule has 0 atom stereocenters. The summed E-state index contributed by atoms with van der Waals surface area (Å²) in [6.07, 6.45) is 2.04. The van der Waals surface area contributed by atoms with Crippen molar-refractivity contribution in [2.45, 2.75) is 20.4 Å². The fourth-order valence-electron chi connectivity index (χ4n) is 1.51. The van der Waals surface area contributed by atoms with Gasteiger partial charge in [0.2, 0.25) is 0 Å². The predicted molar refractivity (Wildman–Crippen MR) is 60.8 cm³/mol. The van der Waals surface area contributed by atoms with Crippen LogP contribution in [0.5, 0.6) is 0 Å². The van der Waals surface area contributed by atoms with Crippen LogP contribution < -0.4 is 0 Å². The number of hydrogen-bond acceptors (Lipinski definition) is 1. The van der Waals surface area contributed by atoms with Gasteiger partial charge in [0.05, 0.1) is 6.54 Å². The van der Waals surface area contributed by atoms with Gasteiger partial charge in [-0.15, -0.1) is 0 Å². The highest BCUT2D eigenvalue weighted by Crippen LogP contribution is 2.18. The molecule has 2 nitrogen and oxygen atoms in total. The zero-order valence-corrected chi connectivity index (χ0v) is 8.54. The molecule has 14 heavy (non-hydrogen) atoms. The summed E-state index contributed by atoms with van der Waals surface area (Å²) < 4.78 is 0. The molecular weight excluding hydrogens is 172 g/mol. The van der Waals surface area contributed by atoms with Gasteiger partial charge >= 0.3 is 0 Å². The molecule has 2 aromatic rings. The van der Waals surface area contributed by atoms with E-state index < -0.39 is 0 Å². The van der Waals surface area contributed by atoms with Crippen LogP contribution in [0.15, 0.2) is 35.5 Å². The summed E-state index contributed by atoms with van der Waals surface area (Å²) in [5.74, 6) is 0. The Bertz CT molecular complexity index is 462. The van der Waals surface area contributed by atoms with Crippen LogP contribution in [0, 0.1) is 0 Å². The molecule has 0 bridgehead atoms. The lowest BCUT2D eigenvalue weighted by atomic mass is 10.2. The van der Waals surface area contributed by atoms with Gasteiger partial charge in [0.25, 0.3) is 0 Å². The molecule has 0 saturated heterocycles. The number of nitrogens with one attached hydrogen (secondary N) is 1. The van der Waals surface area contributed by atoms with E-state index in [4.69, 9.17) is 0 Å². The van der Waals surface area contributed by atoms with Crippen molar-refractivity contribution in [2.24, 2.45) is 4.99 Å². The number of hydrogen-bond donors (Lipinski definition) is 1. The maximum atomic E-state index is 4.41. The topological polar surface area (TPSA) is 28.1 Å². The minimum atomic E-state index is 0.770. The average molecular weight is 186 g/mol. The lowest BCUT2D eigenvalue weighted by molar-refractivity contribution is 1.07. The van der Waals surface area contributed by atoms with Crippen molar-refractivity contribution in [3.63, 3.8) is 0 Å². The van der Waals surface area contributed by atoms with Crippen LogP contribution in [-0.4, -0.2) is 10.7 Å². The van der Waals surface area contributed by atoms with Crippen molar-refractivity contribution < 1.29 is 0 Å². The molecule has 0 aliphatic rings. The molecule has 1 N–H and O–H groups in total. The van der Waals surface area contributed by atoms with Gasteiger partial charge < -0.3 is 4.98 Å². The van der Waals surface area contributed by atoms with Gasteiger partial charge in [-0.3, -0.25) is 4.99 Å². The summed E-state index contributed by atoms with van der Waals surface area (Å²) in [5, 5.41) is 1.28. The van der Waals surface area contributed by atoms with E-state index in [2.05, 4.69) is 28.2 Å². The number of aromatic amines is 1. The second-order valence-electron chi connectivity index (χ2n) is 3.62. The van der Waals surface area contributed by atoms with Crippen LogP contribution >= 0.6 is 0 Å². The van der Waals surface area contributed by atoms with Gasteiger partial charge in [-0.25, -0.2) is 0 Å². The van der Waals surface area contributed by atoms with Crippen molar-refractivity contribution in [3.8, 4) is 0 Å². The zero-order valence-electron chi connectivity index (χ0n) is 8.54. The molecular formula is C12H14N2. The highest BCUT2D eigenvalue weighted by molar-refractivity contribution is 5.84. The number of rotatable bonds is 2. The summed E-state index contributed by atoms with van der Waals surface area (Å²) in [4.78, 5) is 7.66. The van der Waals surface area contributed by atoms with Crippen molar-refractivity contribution in [1.29, 1.82) is 0 Å². The minimum absolute atomic E-state index is 0.770. The summed E-state index contributed by atoms with van der Waals surface area (Å²) >= 11 is 0. The van der Waals surface area contributed by atoms with E-state index in [1.54, 1.807) is 0 Å². The molecule has 0 unspecified atom stereocenters. The Morgan fingerprint density at radius 1 is 1.29 bits per heavy atom. The first-order valence-corrected chi connectivity index (χ1v) is 4.80. The standard InChI is InChI=1S/C12H14N2/c1-9(2)13-7-10-8-14-12-6-4-3-5-11(10)12/h3-6,8,14H,7H2,1-2H3. The summed E-state index contributed by atoms with van der Waals surface area (Å²) in [5.41, 5.74) is 3.57. The lowest BCUT2D eigenvalue weighted by Crippen LogP contribution is -1.84. The number of para-hydroxylation sites is 1. The number of aliphatic imine (C=N–C) groups is 1. The van der Waals surface area contributed by atoms with E-state index in [1.807, 2.05) is 26.1 Å². The number of fused-ring (bicyclic) bond motifs is 1. The number of nitrogens with zero attached hydrogens (tertiary/aromatic N) is 1. The van der Waals surface area contributed by atoms with E-state index in [0.29, 0.717) is 0 Å². The van der Waals surface area contributed by atoms with E-state index in [-0.39, 0.29) is 0 Å². The number of H-pyrrole nitrogens is 1. The Hall–Kier alpha value is -1.57.